The molecule has 0 aromatic carbocycles. The summed E-state index contributed by atoms with van der Waals surface area (Å²) in [6, 6.07) is 0. The third kappa shape index (κ3) is 5.23. The number of alkyl halides is 1. The van der Waals surface area contributed by atoms with Gasteiger partial charge in [-0.25, -0.2) is 21.1 Å². The molecule has 8 heteroatoms. The van der Waals surface area contributed by atoms with Gasteiger partial charge in [-0.1, -0.05) is 15.9 Å². The molecule has 1 unspecified atom stereocenters. The fraction of sp³-hybridized carbons (Fsp3) is 1.00. The van der Waals surface area contributed by atoms with Crippen molar-refractivity contribution in [1.29, 1.82) is 0 Å². The van der Waals surface area contributed by atoms with Gasteiger partial charge in [0.2, 0.25) is 10.0 Å². The number of nitrogens with zero attached hydrogens (tertiary/aromatic N) is 1. The molecule has 0 radical (unpaired) electrons. The molecule has 1 atom stereocenters. The van der Waals surface area contributed by atoms with E-state index in [9.17, 15) is 16.8 Å². The van der Waals surface area contributed by atoms with Crippen LogP contribution in [0, 0.1) is 5.92 Å². The zero-order valence-electron chi connectivity index (χ0n) is 9.80. The van der Waals surface area contributed by atoms with Gasteiger partial charge in [0.15, 0.2) is 0 Å². The lowest BCUT2D eigenvalue weighted by molar-refractivity contribution is 0.286. The molecule has 0 bridgehead atoms. The van der Waals surface area contributed by atoms with Crippen LogP contribution in [0.5, 0.6) is 0 Å². The third-order valence-electron chi connectivity index (χ3n) is 2.81. The Kier molecular flexibility index (Phi) is 5.42. The van der Waals surface area contributed by atoms with E-state index in [1.165, 1.54) is 4.31 Å². The first kappa shape index (κ1) is 15.4. The van der Waals surface area contributed by atoms with Gasteiger partial charge in [-0.2, -0.15) is 0 Å². The maximum atomic E-state index is 11.9. The van der Waals surface area contributed by atoms with E-state index in [2.05, 4.69) is 15.9 Å². The largest absolute Gasteiger partial charge is 0.229 e. The van der Waals surface area contributed by atoms with Crippen LogP contribution < -0.4 is 0 Å². The van der Waals surface area contributed by atoms with Crippen molar-refractivity contribution >= 4 is 35.8 Å². The van der Waals surface area contributed by atoms with E-state index in [-0.39, 0.29) is 11.5 Å². The highest BCUT2D eigenvalue weighted by atomic mass is 79.9. The van der Waals surface area contributed by atoms with E-state index in [0.29, 0.717) is 19.0 Å². The zero-order valence-corrected chi connectivity index (χ0v) is 13.0. The highest BCUT2D eigenvalue weighted by molar-refractivity contribution is 9.09. The number of hydrogen-bond acceptors (Lipinski definition) is 4. The Morgan fingerprint density at radius 3 is 2.41 bits per heavy atom. The molecular weight excluding hydrogens is 330 g/mol. The first-order valence-electron chi connectivity index (χ1n) is 5.46. The lowest BCUT2D eigenvalue weighted by atomic mass is 10.0. The van der Waals surface area contributed by atoms with E-state index < -0.39 is 19.9 Å². The van der Waals surface area contributed by atoms with Gasteiger partial charge < -0.3 is 0 Å². The lowest BCUT2D eigenvalue weighted by Gasteiger charge is -2.30. The molecule has 0 aliphatic carbocycles. The summed E-state index contributed by atoms with van der Waals surface area (Å²) in [7, 11) is -6.66. The number of rotatable bonds is 5. The average Bonchev–Trinajstić information content (AvgIpc) is 2.26. The van der Waals surface area contributed by atoms with E-state index in [4.69, 9.17) is 0 Å². The second-order valence-corrected chi connectivity index (χ2v) is 9.46. The molecule has 0 aromatic rings. The number of piperidine rings is 1. The summed E-state index contributed by atoms with van der Waals surface area (Å²) in [5.74, 6) is -0.275. The van der Waals surface area contributed by atoms with Crippen LogP contribution in [0.25, 0.3) is 0 Å². The highest BCUT2D eigenvalue weighted by Crippen LogP contribution is 2.20. The van der Waals surface area contributed by atoms with Crippen LogP contribution in [0.1, 0.15) is 12.8 Å². The molecular formula is C9H18BrNO4S2. The van der Waals surface area contributed by atoms with Gasteiger partial charge in [-0.3, -0.25) is 0 Å². The maximum Gasteiger partial charge on any atom is 0.215 e. The Morgan fingerprint density at radius 1 is 1.24 bits per heavy atom. The van der Waals surface area contributed by atoms with Gasteiger partial charge in [-0.05, 0) is 18.8 Å². The summed E-state index contributed by atoms with van der Waals surface area (Å²) in [6.07, 6.45) is 2.91. The number of hydrogen-bond donors (Lipinski definition) is 0. The zero-order chi connectivity index (χ0) is 13.1. The van der Waals surface area contributed by atoms with Crippen LogP contribution in [-0.2, 0) is 19.9 Å². The van der Waals surface area contributed by atoms with Crippen molar-refractivity contribution in [3.63, 3.8) is 0 Å². The van der Waals surface area contributed by atoms with Gasteiger partial charge in [0.05, 0.1) is 11.5 Å². The second kappa shape index (κ2) is 5.99. The summed E-state index contributed by atoms with van der Waals surface area (Å²) in [6.45, 7) is 1.01. The minimum absolute atomic E-state index is 0.301. The summed E-state index contributed by atoms with van der Waals surface area (Å²) in [4.78, 5) is 0. The Balaban J connectivity index is 2.64. The predicted octanol–water partition coefficient (Wildman–Crippen LogP) is 0.468. The molecule has 1 saturated heterocycles. The van der Waals surface area contributed by atoms with Crippen LogP contribution in [0.4, 0.5) is 0 Å². The molecule has 1 aliphatic heterocycles. The van der Waals surface area contributed by atoms with Gasteiger partial charge in [0.25, 0.3) is 0 Å². The fourth-order valence-corrected chi connectivity index (χ4v) is 5.48. The molecule has 0 N–H and O–H groups in total. The highest BCUT2D eigenvalue weighted by Gasteiger charge is 2.28. The molecule has 102 valence electrons. The minimum atomic E-state index is -3.43. The van der Waals surface area contributed by atoms with Crippen LogP contribution in [-0.4, -0.2) is 57.3 Å². The Labute approximate surface area is 112 Å². The second-order valence-electron chi connectivity index (χ2n) is 4.47. The minimum Gasteiger partial charge on any atom is -0.229 e. The monoisotopic (exact) mass is 347 g/mol. The third-order valence-corrected chi connectivity index (χ3v) is 6.76. The smallest absolute Gasteiger partial charge is 0.215 e. The molecule has 1 fully saturated rings. The number of halogens is 1. The molecule has 0 aromatic heterocycles. The van der Waals surface area contributed by atoms with Crippen molar-refractivity contribution in [2.75, 3.05) is 36.2 Å². The first-order valence-corrected chi connectivity index (χ1v) is 10.3. The van der Waals surface area contributed by atoms with Gasteiger partial charge in [0.1, 0.15) is 9.84 Å². The quantitative estimate of drug-likeness (QED) is 0.677. The summed E-state index contributed by atoms with van der Waals surface area (Å²) < 4.78 is 47.3. The van der Waals surface area contributed by atoms with Crippen LogP contribution in [0.15, 0.2) is 0 Å². The summed E-state index contributed by atoms with van der Waals surface area (Å²) >= 11 is 3.36. The molecule has 1 heterocycles. The standard InChI is InChI=1S/C9H18BrNO4S2/c1-16(12,13)5-6-17(14,15)11-4-2-3-9(7-10)8-11/h9H,2-8H2,1H3. The van der Waals surface area contributed by atoms with Gasteiger partial charge in [-0.15, -0.1) is 0 Å². The average molecular weight is 348 g/mol. The van der Waals surface area contributed by atoms with Crippen molar-refractivity contribution < 1.29 is 16.8 Å². The van der Waals surface area contributed by atoms with Crippen LogP contribution >= 0.6 is 15.9 Å². The predicted molar refractivity (Wildman–Crippen MR) is 71.6 cm³/mol. The SMILES string of the molecule is CS(=O)(=O)CCS(=O)(=O)N1CCCC(CBr)C1. The van der Waals surface area contributed by atoms with Crippen molar-refractivity contribution in [2.24, 2.45) is 5.92 Å². The molecule has 0 saturated carbocycles. The fourth-order valence-electron chi connectivity index (χ4n) is 1.79. The normalized spacial score (nSPS) is 23.8. The molecule has 0 spiro atoms. The van der Waals surface area contributed by atoms with Crippen molar-refractivity contribution in [2.45, 2.75) is 12.8 Å². The van der Waals surface area contributed by atoms with Gasteiger partial charge >= 0.3 is 0 Å². The van der Waals surface area contributed by atoms with Crippen molar-refractivity contribution in [1.82, 2.24) is 4.31 Å². The van der Waals surface area contributed by atoms with Crippen LogP contribution in [0.3, 0.4) is 0 Å². The Morgan fingerprint density at radius 2 is 1.88 bits per heavy atom. The van der Waals surface area contributed by atoms with Crippen molar-refractivity contribution in [3.05, 3.63) is 0 Å². The van der Waals surface area contributed by atoms with Crippen molar-refractivity contribution in [3.8, 4) is 0 Å². The lowest BCUT2D eigenvalue weighted by Crippen LogP contribution is -2.42. The Hall–Kier alpha value is 0.340. The summed E-state index contributed by atoms with van der Waals surface area (Å²) in [5, 5.41) is 0.783. The molecule has 0 amide bonds. The van der Waals surface area contributed by atoms with E-state index in [0.717, 1.165) is 24.4 Å². The van der Waals surface area contributed by atoms with Crippen LogP contribution in [0.2, 0.25) is 0 Å². The number of sulfone groups is 1. The number of sulfonamides is 1. The van der Waals surface area contributed by atoms with Gasteiger partial charge in [0, 0.05) is 24.7 Å². The molecule has 1 aliphatic rings. The first-order chi connectivity index (χ1) is 7.74. The maximum absolute atomic E-state index is 11.9. The molecule has 17 heavy (non-hydrogen) atoms. The molecule has 1 rings (SSSR count). The topological polar surface area (TPSA) is 71.5 Å². The van der Waals surface area contributed by atoms with E-state index in [1.54, 1.807) is 0 Å². The Bertz CT molecular complexity index is 446. The molecule has 5 nitrogen and oxygen atoms in total. The van der Waals surface area contributed by atoms with E-state index in [1.807, 2.05) is 0 Å². The van der Waals surface area contributed by atoms with E-state index >= 15 is 0 Å². The summed E-state index contributed by atoms with van der Waals surface area (Å²) in [5.41, 5.74) is 0.